The lowest BCUT2D eigenvalue weighted by atomic mass is 10.2. The predicted octanol–water partition coefficient (Wildman–Crippen LogP) is 1.72. The molecule has 0 aliphatic carbocycles. The minimum Gasteiger partial charge on any atom is -0.497 e. The number of carbonyl (C=O) groups is 1. The Morgan fingerprint density at radius 3 is 2.86 bits per heavy atom. The number of amides is 1. The number of pyridine rings is 1. The van der Waals surface area contributed by atoms with Crippen molar-refractivity contribution < 1.29 is 9.53 Å². The number of methoxy groups -OCH3 is 1. The zero-order valence-corrected chi connectivity index (χ0v) is 12.4. The van der Waals surface area contributed by atoms with E-state index >= 15 is 0 Å². The van der Waals surface area contributed by atoms with Crippen molar-refractivity contribution in [2.75, 3.05) is 7.11 Å². The molecule has 0 aromatic carbocycles. The van der Waals surface area contributed by atoms with Crippen LogP contribution < -0.4 is 10.1 Å². The summed E-state index contributed by atoms with van der Waals surface area (Å²) in [5, 5.41) is 7.11. The number of hydrogen-bond acceptors (Lipinski definition) is 5. The SMILES string of the molecule is COc1ccn2ncc(C(=O)NCc3cnc(Cl)nc3)c2c1. The molecular formula is C14H12ClN5O2. The highest BCUT2D eigenvalue weighted by atomic mass is 35.5. The fraction of sp³-hybridized carbons (Fsp3) is 0.143. The van der Waals surface area contributed by atoms with Gasteiger partial charge in [-0.3, -0.25) is 4.79 Å². The molecule has 0 fully saturated rings. The van der Waals surface area contributed by atoms with Crippen LogP contribution in [0, 0.1) is 0 Å². The van der Waals surface area contributed by atoms with Gasteiger partial charge in [-0.2, -0.15) is 5.10 Å². The van der Waals surface area contributed by atoms with Crippen molar-refractivity contribution in [2.45, 2.75) is 6.54 Å². The average molecular weight is 318 g/mol. The average Bonchev–Trinajstić information content (AvgIpc) is 2.97. The van der Waals surface area contributed by atoms with Gasteiger partial charge in [-0.1, -0.05) is 0 Å². The minimum atomic E-state index is -0.238. The van der Waals surface area contributed by atoms with Gasteiger partial charge in [0.05, 0.1) is 24.4 Å². The minimum absolute atomic E-state index is 0.171. The lowest BCUT2D eigenvalue weighted by Crippen LogP contribution is -2.22. The second kappa shape index (κ2) is 5.98. The van der Waals surface area contributed by atoms with Gasteiger partial charge in [0.15, 0.2) is 0 Å². The summed E-state index contributed by atoms with van der Waals surface area (Å²) in [7, 11) is 1.57. The number of hydrogen-bond donors (Lipinski definition) is 1. The van der Waals surface area contributed by atoms with Gasteiger partial charge in [-0.05, 0) is 17.7 Å². The van der Waals surface area contributed by atoms with E-state index in [4.69, 9.17) is 16.3 Å². The molecule has 22 heavy (non-hydrogen) atoms. The number of nitrogens with one attached hydrogen (secondary N) is 1. The maximum atomic E-state index is 12.3. The summed E-state index contributed by atoms with van der Waals surface area (Å²) in [5.74, 6) is 0.423. The maximum absolute atomic E-state index is 12.3. The van der Waals surface area contributed by atoms with Gasteiger partial charge < -0.3 is 10.1 Å². The van der Waals surface area contributed by atoms with E-state index in [1.165, 1.54) is 6.20 Å². The van der Waals surface area contributed by atoms with Gasteiger partial charge in [0, 0.05) is 36.8 Å². The Kier molecular flexibility index (Phi) is 3.88. The molecule has 7 nitrogen and oxygen atoms in total. The monoisotopic (exact) mass is 317 g/mol. The Morgan fingerprint density at radius 1 is 1.36 bits per heavy atom. The van der Waals surface area contributed by atoms with Crippen LogP contribution in [0.2, 0.25) is 5.28 Å². The van der Waals surface area contributed by atoms with E-state index in [9.17, 15) is 4.79 Å². The quantitative estimate of drug-likeness (QED) is 0.741. The number of halogens is 1. The van der Waals surface area contributed by atoms with Crippen LogP contribution in [0.1, 0.15) is 15.9 Å². The lowest BCUT2D eigenvalue weighted by molar-refractivity contribution is 0.0952. The molecule has 0 aliphatic rings. The first-order valence-electron chi connectivity index (χ1n) is 6.43. The number of rotatable bonds is 4. The van der Waals surface area contributed by atoms with Crippen LogP contribution in [-0.4, -0.2) is 32.6 Å². The fourth-order valence-corrected chi connectivity index (χ4v) is 2.07. The highest BCUT2D eigenvalue weighted by Crippen LogP contribution is 2.17. The molecule has 0 spiro atoms. The Balaban J connectivity index is 1.78. The highest BCUT2D eigenvalue weighted by Gasteiger charge is 2.13. The van der Waals surface area contributed by atoms with E-state index < -0.39 is 0 Å². The molecule has 3 rings (SSSR count). The van der Waals surface area contributed by atoms with Crippen molar-refractivity contribution in [3.05, 3.63) is 53.3 Å². The highest BCUT2D eigenvalue weighted by molar-refractivity contribution is 6.28. The molecule has 112 valence electrons. The number of ether oxygens (including phenoxy) is 1. The van der Waals surface area contributed by atoms with Gasteiger partial charge in [-0.25, -0.2) is 14.5 Å². The number of aromatic nitrogens is 4. The van der Waals surface area contributed by atoms with Crippen molar-refractivity contribution in [1.29, 1.82) is 0 Å². The van der Waals surface area contributed by atoms with Gasteiger partial charge in [0.2, 0.25) is 5.28 Å². The molecule has 0 unspecified atom stereocenters. The first-order valence-corrected chi connectivity index (χ1v) is 6.81. The van der Waals surface area contributed by atoms with Crippen molar-refractivity contribution >= 4 is 23.0 Å². The normalized spacial score (nSPS) is 10.6. The van der Waals surface area contributed by atoms with Crippen LogP contribution in [-0.2, 0) is 6.54 Å². The van der Waals surface area contributed by atoms with Crippen molar-refractivity contribution in [3.8, 4) is 5.75 Å². The van der Waals surface area contributed by atoms with Crippen LogP contribution >= 0.6 is 11.6 Å². The van der Waals surface area contributed by atoms with Gasteiger partial charge in [0.1, 0.15) is 5.75 Å². The summed E-state index contributed by atoms with van der Waals surface area (Å²) >= 11 is 5.62. The fourth-order valence-electron chi connectivity index (χ4n) is 1.97. The summed E-state index contributed by atoms with van der Waals surface area (Å²) < 4.78 is 6.78. The molecule has 3 aromatic rings. The second-order valence-corrected chi connectivity index (χ2v) is 4.84. The number of nitrogens with zero attached hydrogens (tertiary/aromatic N) is 4. The van der Waals surface area contributed by atoms with E-state index in [0.717, 1.165) is 5.56 Å². The van der Waals surface area contributed by atoms with Gasteiger partial charge in [0.25, 0.3) is 5.91 Å². The molecular weight excluding hydrogens is 306 g/mol. The summed E-state index contributed by atoms with van der Waals surface area (Å²) in [5.41, 5.74) is 1.89. The van der Waals surface area contributed by atoms with E-state index in [-0.39, 0.29) is 11.2 Å². The van der Waals surface area contributed by atoms with Crippen molar-refractivity contribution in [2.24, 2.45) is 0 Å². The Bertz CT molecular complexity index is 816. The molecule has 0 aliphatic heterocycles. The third-order valence-electron chi connectivity index (χ3n) is 3.10. The molecule has 0 radical (unpaired) electrons. The maximum Gasteiger partial charge on any atom is 0.255 e. The topological polar surface area (TPSA) is 81.4 Å². The zero-order chi connectivity index (χ0) is 15.5. The summed E-state index contributed by atoms with van der Waals surface area (Å²) in [6, 6.07) is 3.53. The van der Waals surface area contributed by atoms with Crippen LogP contribution in [0.5, 0.6) is 5.75 Å². The first kappa shape index (κ1) is 14.3. The Labute approximate surface area is 130 Å². The van der Waals surface area contributed by atoms with Crippen LogP contribution in [0.25, 0.3) is 5.52 Å². The van der Waals surface area contributed by atoms with E-state index in [2.05, 4.69) is 20.4 Å². The molecule has 0 saturated carbocycles. The summed E-state index contributed by atoms with van der Waals surface area (Å²) in [4.78, 5) is 20.0. The Hall–Kier alpha value is -2.67. The molecule has 1 N–H and O–H groups in total. The van der Waals surface area contributed by atoms with Gasteiger partial charge >= 0.3 is 0 Å². The van der Waals surface area contributed by atoms with Crippen LogP contribution in [0.4, 0.5) is 0 Å². The molecule has 0 atom stereocenters. The molecule has 8 heteroatoms. The van der Waals surface area contributed by atoms with Gasteiger partial charge in [-0.15, -0.1) is 0 Å². The number of fused-ring (bicyclic) bond motifs is 1. The standard InChI is InChI=1S/C14H12ClN5O2/c1-22-10-2-3-20-12(4-10)11(8-19-20)13(21)16-5-9-6-17-14(15)18-7-9/h2-4,6-8H,5H2,1H3,(H,16,21). The van der Waals surface area contributed by atoms with Crippen molar-refractivity contribution in [1.82, 2.24) is 24.9 Å². The Morgan fingerprint density at radius 2 is 2.14 bits per heavy atom. The van der Waals surface area contributed by atoms with E-state index in [1.54, 1.807) is 42.3 Å². The third-order valence-corrected chi connectivity index (χ3v) is 3.30. The molecule has 3 heterocycles. The molecule has 0 bridgehead atoms. The smallest absolute Gasteiger partial charge is 0.255 e. The largest absolute Gasteiger partial charge is 0.497 e. The second-order valence-electron chi connectivity index (χ2n) is 4.50. The van der Waals surface area contributed by atoms with E-state index in [0.29, 0.717) is 23.4 Å². The number of carbonyl (C=O) groups excluding carboxylic acids is 1. The molecule has 0 saturated heterocycles. The summed E-state index contributed by atoms with van der Waals surface area (Å²) in [6.45, 7) is 0.303. The van der Waals surface area contributed by atoms with Crippen molar-refractivity contribution in [3.63, 3.8) is 0 Å². The predicted molar refractivity (Wildman–Crippen MR) is 80.0 cm³/mol. The van der Waals surface area contributed by atoms with E-state index in [1.807, 2.05) is 0 Å². The molecule has 1 amide bonds. The van der Waals surface area contributed by atoms with Crippen LogP contribution in [0.15, 0.2) is 36.9 Å². The first-order chi connectivity index (χ1) is 10.7. The summed E-state index contributed by atoms with van der Waals surface area (Å²) in [6.07, 6.45) is 6.38. The lowest BCUT2D eigenvalue weighted by Gasteiger charge is -2.05. The zero-order valence-electron chi connectivity index (χ0n) is 11.7. The van der Waals surface area contributed by atoms with Crippen LogP contribution in [0.3, 0.4) is 0 Å². The molecule has 3 aromatic heterocycles. The third kappa shape index (κ3) is 2.84.